The minimum Gasteiger partial charge on any atom is -0.350 e. The van der Waals surface area contributed by atoms with Gasteiger partial charge in [-0.15, -0.1) is 0 Å². The third kappa shape index (κ3) is 4.84. The molecular weight excluding hydrogens is 278 g/mol. The third-order valence-corrected chi connectivity index (χ3v) is 3.72. The summed E-state index contributed by atoms with van der Waals surface area (Å²) in [5.74, 6) is -0.210. The molecule has 0 aliphatic heterocycles. The number of hydrogen-bond acceptors (Lipinski definition) is 3. The monoisotopic (exact) mass is 305 g/mol. The molecule has 22 heavy (non-hydrogen) atoms. The Hall–Kier alpha value is -1.88. The van der Waals surface area contributed by atoms with Gasteiger partial charge >= 0.3 is 0 Å². The highest BCUT2D eigenvalue weighted by molar-refractivity contribution is 5.99. The first-order chi connectivity index (χ1) is 10.3. The quantitative estimate of drug-likeness (QED) is 0.848. The normalized spacial score (nSPS) is 12.4. The zero-order valence-corrected chi connectivity index (χ0v) is 14.4. The number of anilines is 1. The number of carbonyl (C=O) groups excluding carboxylic acids is 2. The molecule has 0 spiro atoms. The smallest absolute Gasteiger partial charge is 0.251 e. The van der Waals surface area contributed by atoms with Crippen LogP contribution in [-0.2, 0) is 4.79 Å². The molecular formula is C17H27N3O2. The van der Waals surface area contributed by atoms with E-state index in [2.05, 4.69) is 10.6 Å². The molecule has 1 atom stereocenters. The fourth-order valence-electron chi connectivity index (χ4n) is 1.95. The van der Waals surface area contributed by atoms with Crippen LogP contribution in [0, 0.1) is 6.92 Å². The Morgan fingerprint density at radius 1 is 1.23 bits per heavy atom. The fraction of sp³-hybridized carbons (Fsp3) is 0.529. The molecule has 0 bridgehead atoms. The average molecular weight is 305 g/mol. The van der Waals surface area contributed by atoms with Gasteiger partial charge in [0.2, 0.25) is 5.91 Å². The Kier molecular flexibility index (Phi) is 6.56. The highest BCUT2D eigenvalue weighted by Crippen LogP contribution is 2.18. The van der Waals surface area contributed by atoms with Crippen molar-refractivity contribution >= 4 is 17.5 Å². The van der Waals surface area contributed by atoms with Crippen molar-refractivity contribution in [1.82, 2.24) is 10.2 Å². The summed E-state index contributed by atoms with van der Waals surface area (Å²) < 4.78 is 0. The van der Waals surface area contributed by atoms with Crippen LogP contribution in [0.25, 0.3) is 0 Å². The van der Waals surface area contributed by atoms with Gasteiger partial charge in [-0.2, -0.15) is 0 Å². The van der Waals surface area contributed by atoms with Crippen LogP contribution in [0.2, 0.25) is 0 Å². The number of carbonyl (C=O) groups is 2. The molecule has 122 valence electrons. The predicted octanol–water partition coefficient (Wildman–Crippen LogP) is 2.41. The lowest BCUT2D eigenvalue weighted by molar-refractivity contribution is -0.120. The number of rotatable bonds is 6. The van der Waals surface area contributed by atoms with Gasteiger partial charge in [-0.05, 0) is 59.0 Å². The first kappa shape index (κ1) is 18.2. The maximum atomic E-state index is 12.3. The molecule has 0 heterocycles. The first-order valence-corrected chi connectivity index (χ1v) is 7.68. The Morgan fingerprint density at radius 2 is 1.86 bits per heavy atom. The van der Waals surface area contributed by atoms with Gasteiger partial charge in [0.05, 0.1) is 6.04 Å². The van der Waals surface area contributed by atoms with Crippen LogP contribution in [0.15, 0.2) is 18.2 Å². The van der Waals surface area contributed by atoms with Crippen molar-refractivity contribution in [3.05, 3.63) is 29.3 Å². The predicted molar refractivity (Wildman–Crippen MR) is 90.2 cm³/mol. The molecule has 1 aromatic carbocycles. The van der Waals surface area contributed by atoms with E-state index in [1.165, 1.54) is 0 Å². The van der Waals surface area contributed by atoms with E-state index in [9.17, 15) is 9.59 Å². The van der Waals surface area contributed by atoms with E-state index < -0.39 is 0 Å². The van der Waals surface area contributed by atoms with Crippen LogP contribution in [0.3, 0.4) is 0 Å². The second kappa shape index (κ2) is 7.94. The summed E-state index contributed by atoms with van der Waals surface area (Å²) in [6.07, 6.45) is 0. The van der Waals surface area contributed by atoms with E-state index in [4.69, 9.17) is 0 Å². The van der Waals surface area contributed by atoms with Gasteiger partial charge in [-0.3, -0.25) is 14.5 Å². The van der Waals surface area contributed by atoms with Crippen LogP contribution >= 0.6 is 0 Å². The van der Waals surface area contributed by atoms with E-state index in [1.54, 1.807) is 12.1 Å². The van der Waals surface area contributed by atoms with Crippen molar-refractivity contribution in [2.45, 2.75) is 46.7 Å². The van der Waals surface area contributed by atoms with Gasteiger partial charge in [-0.25, -0.2) is 0 Å². The van der Waals surface area contributed by atoms with Gasteiger partial charge in [0.1, 0.15) is 0 Å². The molecule has 0 aliphatic carbocycles. The van der Waals surface area contributed by atoms with Crippen molar-refractivity contribution in [2.24, 2.45) is 0 Å². The summed E-state index contributed by atoms with van der Waals surface area (Å²) in [5, 5.41) is 5.76. The fourth-order valence-corrected chi connectivity index (χ4v) is 1.95. The Balaban J connectivity index is 2.91. The molecule has 2 amide bonds. The highest BCUT2D eigenvalue weighted by Gasteiger charge is 2.18. The zero-order chi connectivity index (χ0) is 16.9. The molecule has 0 radical (unpaired) electrons. The molecule has 0 saturated heterocycles. The van der Waals surface area contributed by atoms with E-state index in [-0.39, 0.29) is 23.9 Å². The van der Waals surface area contributed by atoms with E-state index >= 15 is 0 Å². The standard InChI is InChI=1S/C17H27N3O2/c1-7-20(6)13(5)16(21)19-15-10-14(9-8-12(15)4)17(22)18-11(2)3/h8-11,13H,7H2,1-6H3,(H,18,22)(H,19,21). The summed E-state index contributed by atoms with van der Waals surface area (Å²) in [5.41, 5.74) is 2.16. The molecule has 0 fully saturated rings. The van der Waals surface area contributed by atoms with Crippen molar-refractivity contribution in [2.75, 3.05) is 18.9 Å². The van der Waals surface area contributed by atoms with E-state index in [0.29, 0.717) is 11.3 Å². The summed E-state index contributed by atoms with van der Waals surface area (Å²) in [6.45, 7) is 10.4. The van der Waals surface area contributed by atoms with Crippen LogP contribution in [0.1, 0.15) is 43.6 Å². The lowest BCUT2D eigenvalue weighted by Crippen LogP contribution is -2.39. The number of nitrogens with one attached hydrogen (secondary N) is 2. The molecule has 0 aliphatic rings. The number of amides is 2. The van der Waals surface area contributed by atoms with Gasteiger partial charge in [-0.1, -0.05) is 13.0 Å². The summed E-state index contributed by atoms with van der Waals surface area (Å²) in [7, 11) is 1.91. The average Bonchev–Trinajstić information content (AvgIpc) is 2.46. The maximum Gasteiger partial charge on any atom is 0.251 e. The Morgan fingerprint density at radius 3 is 2.41 bits per heavy atom. The Labute approximate surface area is 133 Å². The highest BCUT2D eigenvalue weighted by atomic mass is 16.2. The SMILES string of the molecule is CCN(C)C(C)C(=O)Nc1cc(C(=O)NC(C)C)ccc1C. The zero-order valence-electron chi connectivity index (χ0n) is 14.4. The van der Waals surface area contributed by atoms with E-state index in [1.807, 2.05) is 52.6 Å². The number of aryl methyl sites for hydroxylation is 1. The van der Waals surface area contributed by atoms with Crippen LogP contribution in [0.5, 0.6) is 0 Å². The molecule has 0 aromatic heterocycles. The minimum atomic E-state index is -0.224. The van der Waals surface area contributed by atoms with Crippen molar-refractivity contribution in [3.8, 4) is 0 Å². The molecule has 1 rings (SSSR count). The second-order valence-corrected chi connectivity index (χ2v) is 5.90. The third-order valence-electron chi connectivity index (χ3n) is 3.72. The number of nitrogens with zero attached hydrogens (tertiary/aromatic N) is 1. The first-order valence-electron chi connectivity index (χ1n) is 7.68. The number of hydrogen-bond donors (Lipinski definition) is 2. The lowest BCUT2D eigenvalue weighted by atomic mass is 10.1. The van der Waals surface area contributed by atoms with Crippen LogP contribution in [0.4, 0.5) is 5.69 Å². The lowest BCUT2D eigenvalue weighted by Gasteiger charge is -2.22. The molecule has 1 unspecified atom stereocenters. The van der Waals surface area contributed by atoms with Crippen LogP contribution < -0.4 is 10.6 Å². The largest absolute Gasteiger partial charge is 0.350 e. The van der Waals surface area contributed by atoms with Crippen molar-refractivity contribution < 1.29 is 9.59 Å². The van der Waals surface area contributed by atoms with Crippen molar-refractivity contribution in [3.63, 3.8) is 0 Å². The Bertz CT molecular complexity index is 541. The van der Waals surface area contributed by atoms with Crippen molar-refractivity contribution in [1.29, 1.82) is 0 Å². The number of benzene rings is 1. The summed E-state index contributed by atoms with van der Waals surface area (Å²) >= 11 is 0. The number of likely N-dealkylation sites (N-methyl/N-ethyl adjacent to an activating group) is 1. The van der Waals surface area contributed by atoms with Gasteiger partial charge in [0.25, 0.3) is 5.91 Å². The van der Waals surface area contributed by atoms with E-state index in [0.717, 1.165) is 12.1 Å². The maximum absolute atomic E-state index is 12.3. The molecule has 1 aromatic rings. The van der Waals surface area contributed by atoms with Crippen LogP contribution in [-0.4, -0.2) is 42.4 Å². The topological polar surface area (TPSA) is 61.4 Å². The summed E-state index contributed by atoms with van der Waals surface area (Å²) in [6, 6.07) is 5.19. The minimum absolute atomic E-state index is 0.0741. The van der Waals surface area contributed by atoms with Gasteiger partial charge in [0, 0.05) is 17.3 Å². The summed E-state index contributed by atoms with van der Waals surface area (Å²) in [4.78, 5) is 26.3. The molecule has 5 heteroatoms. The van der Waals surface area contributed by atoms with Gasteiger partial charge in [0.15, 0.2) is 0 Å². The van der Waals surface area contributed by atoms with Gasteiger partial charge < -0.3 is 10.6 Å². The molecule has 2 N–H and O–H groups in total. The second-order valence-electron chi connectivity index (χ2n) is 5.90. The molecule has 5 nitrogen and oxygen atoms in total. The molecule has 0 saturated carbocycles.